The molecule has 2 aliphatic heterocycles. The van der Waals surface area contributed by atoms with E-state index in [0.717, 1.165) is 0 Å². The van der Waals surface area contributed by atoms with Crippen molar-refractivity contribution in [1.82, 2.24) is 24.8 Å². The highest BCUT2D eigenvalue weighted by molar-refractivity contribution is 5.92. The van der Waals surface area contributed by atoms with Gasteiger partial charge in [-0.05, 0) is 12.5 Å². The third-order valence-corrected chi connectivity index (χ3v) is 5.41. The van der Waals surface area contributed by atoms with E-state index in [1.165, 1.54) is 17.4 Å². The topological polar surface area (TPSA) is 115 Å². The molecule has 1 spiro atoms. The number of carboxylic acids is 1. The minimum atomic E-state index is -5.08. The maximum atomic E-state index is 14.8. The van der Waals surface area contributed by atoms with Crippen LogP contribution in [0.1, 0.15) is 23.3 Å². The summed E-state index contributed by atoms with van der Waals surface area (Å²) in [7, 11) is 0. The first kappa shape index (κ1) is 23.3. The van der Waals surface area contributed by atoms with Crippen LogP contribution in [0.15, 0.2) is 31.0 Å². The van der Waals surface area contributed by atoms with E-state index in [-0.39, 0.29) is 32.0 Å². The molecule has 2 fully saturated rings. The number of carbonyl (C=O) groups is 2. The molecule has 1 amide bonds. The van der Waals surface area contributed by atoms with Crippen molar-refractivity contribution in [3.05, 3.63) is 36.7 Å². The Labute approximate surface area is 178 Å². The smallest absolute Gasteiger partial charge is 0.475 e. The first-order chi connectivity index (χ1) is 15.0. The molecule has 1 atom stereocenters. The summed E-state index contributed by atoms with van der Waals surface area (Å²) in [6, 6.07) is 1.69. The zero-order valence-electron chi connectivity index (χ0n) is 16.5. The number of rotatable bonds is 2. The summed E-state index contributed by atoms with van der Waals surface area (Å²) >= 11 is 0. The lowest BCUT2D eigenvalue weighted by Crippen LogP contribution is -2.58. The summed E-state index contributed by atoms with van der Waals surface area (Å²) in [6.07, 6.45) is 0.897. The van der Waals surface area contributed by atoms with Crippen molar-refractivity contribution in [1.29, 1.82) is 0 Å². The molecule has 32 heavy (non-hydrogen) atoms. The van der Waals surface area contributed by atoms with Crippen LogP contribution in [-0.2, 0) is 4.79 Å². The number of amides is 1. The molecule has 0 aliphatic carbocycles. The highest BCUT2D eigenvalue weighted by Gasteiger charge is 2.60. The summed E-state index contributed by atoms with van der Waals surface area (Å²) in [5.74, 6) is -5.43. The summed E-state index contributed by atoms with van der Waals surface area (Å²) in [5, 5.41) is 7.12. The molecule has 4 rings (SSSR count). The summed E-state index contributed by atoms with van der Waals surface area (Å²) < 4.78 is 61.4. The third-order valence-electron chi connectivity index (χ3n) is 5.41. The van der Waals surface area contributed by atoms with Crippen LogP contribution in [0.5, 0.6) is 0 Å². The van der Waals surface area contributed by atoms with Gasteiger partial charge in [-0.15, -0.1) is 0 Å². The van der Waals surface area contributed by atoms with Crippen LogP contribution in [0.2, 0.25) is 0 Å². The van der Waals surface area contributed by atoms with Gasteiger partial charge < -0.3 is 19.9 Å². The lowest BCUT2D eigenvalue weighted by molar-refractivity contribution is -0.192. The fraction of sp³-hybridized carbons (Fsp3) is 0.500. The largest absolute Gasteiger partial charge is 0.490 e. The van der Waals surface area contributed by atoms with Crippen molar-refractivity contribution in [2.45, 2.75) is 24.9 Å². The number of carbonyl (C=O) groups excluding carboxylic acids is 1. The van der Waals surface area contributed by atoms with Crippen LogP contribution < -0.4 is 4.90 Å². The Morgan fingerprint density at radius 2 is 1.75 bits per heavy atom. The van der Waals surface area contributed by atoms with Gasteiger partial charge in [-0.25, -0.2) is 28.5 Å². The van der Waals surface area contributed by atoms with Gasteiger partial charge in [0.2, 0.25) is 5.95 Å². The summed E-state index contributed by atoms with van der Waals surface area (Å²) in [6.45, 7) is 0.637. The van der Waals surface area contributed by atoms with Crippen molar-refractivity contribution >= 4 is 17.8 Å². The van der Waals surface area contributed by atoms with Crippen LogP contribution in [0.4, 0.5) is 27.9 Å². The number of nitrogens with zero attached hydrogens (tertiary/aromatic N) is 5. The first-order valence-corrected chi connectivity index (χ1v) is 9.43. The predicted molar refractivity (Wildman–Crippen MR) is 99.0 cm³/mol. The molecule has 0 radical (unpaired) electrons. The van der Waals surface area contributed by atoms with E-state index in [4.69, 9.17) is 9.90 Å². The van der Waals surface area contributed by atoms with Crippen LogP contribution in [-0.4, -0.2) is 80.1 Å². The van der Waals surface area contributed by atoms with Crippen LogP contribution in [0.25, 0.3) is 0 Å². The van der Waals surface area contributed by atoms with Crippen LogP contribution in [0.3, 0.4) is 0 Å². The Hall–Kier alpha value is -3.32. The highest BCUT2D eigenvalue weighted by atomic mass is 19.4. The summed E-state index contributed by atoms with van der Waals surface area (Å²) in [4.78, 5) is 39.6. The van der Waals surface area contributed by atoms with Gasteiger partial charge in [0.1, 0.15) is 5.69 Å². The van der Waals surface area contributed by atoms with E-state index in [1.54, 1.807) is 23.4 Å². The number of aromatic amines is 1. The molecule has 1 unspecified atom stereocenters. The number of alkyl halides is 5. The maximum Gasteiger partial charge on any atom is 0.490 e. The molecule has 2 N–H and O–H groups in total. The number of piperidine rings is 1. The van der Waals surface area contributed by atoms with Crippen LogP contribution >= 0.6 is 0 Å². The Kier molecular flexibility index (Phi) is 6.32. The number of carboxylic acid groups (broad SMARTS) is 1. The average molecular weight is 462 g/mol. The molecular weight excluding hydrogens is 443 g/mol. The van der Waals surface area contributed by atoms with E-state index >= 15 is 0 Å². The van der Waals surface area contributed by atoms with Gasteiger partial charge in [-0.3, -0.25) is 4.79 Å². The normalized spacial score (nSPS) is 22.4. The fourth-order valence-corrected chi connectivity index (χ4v) is 3.74. The number of aliphatic carboxylic acids is 1. The number of anilines is 1. The first-order valence-electron chi connectivity index (χ1n) is 9.43. The lowest BCUT2D eigenvalue weighted by atomic mass is 9.75. The van der Waals surface area contributed by atoms with E-state index in [2.05, 4.69) is 19.9 Å². The van der Waals surface area contributed by atoms with Crippen molar-refractivity contribution in [2.24, 2.45) is 5.41 Å². The van der Waals surface area contributed by atoms with E-state index < -0.39 is 23.5 Å². The van der Waals surface area contributed by atoms with Gasteiger partial charge in [-0.1, -0.05) is 0 Å². The van der Waals surface area contributed by atoms with Gasteiger partial charge in [-0.2, -0.15) is 13.2 Å². The standard InChI is InChI=1S/C16H18F2N6O.C2HF3O2/c17-16(18)3-7-23(13(25)12-8-19-11-22-12)9-15(16)2-6-24(10-15)14-20-4-1-5-21-14;3-2(4,5)1(6)7/h1,4-5,8,11H,2-3,6-7,9-10H2,(H,19,22);(H,6,7). The molecule has 0 aromatic carbocycles. The van der Waals surface area contributed by atoms with Crippen LogP contribution in [0, 0.1) is 5.41 Å². The monoisotopic (exact) mass is 462 g/mol. The molecule has 9 nitrogen and oxygen atoms in total. The van der Waals surface area contributed by atoms with Gasteiger partial charge >= 0.3 is 12.1 Å². The second-order valence-corrected chi connectivity index (χ2v) is 7.45. The number of imidazole rings is 1. The number of H-pyrrole nitrogens is 1. The number of hydrogen-bond donors (Lipinski definition) is 2. The fourth-order valence-electron chi connectivity index (χ4n) is 3.74. The molecular formula is C18H19F5N6O3. The number of hydrogen-bond acceptors (Lipinski definition) is 6. The zero-order chi connectivity index (χ0) is 23.6. The van der Waals surface area contributed by atoms with Crippen molar-refractivity contribution in [3.63, 3.8) is 0 Å². The summed E-state index contributed by atoms with van der Waals surface area (Å²) in [5.41, 5.74) is -0.957. The number of nitrogens with one attached hydrogen (secondary N) is 1. The molecule has 14 heteroatoms. The average Bonchev–Trinajstić information content (AvgIpc) is 3.41. The molecule has 0 bridgehead atoms. The van der Waals surface area contributed by atoms with E-state index in [0.29, 0.717) is 24.6 Å². The molecule has 2 aromatic rings. The van der Waals surface area contributed by atoms with Crippen molar-refractivity contribution in [2.75, 3.05) is 31.1 Å². The number of aromatic nitrogens is 4. The molecule has 2 saturated heterocycles. The van der Waals surface area contributed by atoms with E-state index in [1.807, 2.05) is 0 Å². The minimum Gasteiger partial charge on any atom is -0.475 e. The Morgan fingerprint density at radius 1 is 1.09 bits per heavy atom. The minimum absolute atomic E-state index is 0.0151. The number of likely N-dealkylation sites (tertiary alicyclic amines) is 1. The second kappa shape index (κ2) is 8.67. The Balaban J connectivity index is 0.000000360. The molecule has 0 saturated carbocycles. The van der Waals surface area contributed by atoms with Crippen molar-refractivity contribution < 1.29 is 36.6 Å². The Bertz CT molecular complexity index is 940. The molecule has 4 heterocycles. The molecule has 2 aromatic heterocycles. The second-order valence-electron chi connectivity index (χ2n) is 7.45. The lowest BCUT2D eigenvalue weighted by Gasteiger charge is -2.45. The number of halogens is 5. The van der Waals surface area contributed by atoms with Gasteiger partial charge in [0.15, 0.2) is 0 Å². The third kappa shape index (κ3) is 4.78. The molecule has 2 aliphatic rings. The molecule has 174 valence electrons. The Morgan fingerprint density at radius 3 is 2.31 bits per heavy atom. The van der Waals surface area contributed by atoms with Crippen molar-refractivity contribution in [3.8, 4) is 0 Å². The van der Waals surface area contributed by atoms with Gasteiger partial charge in [0, 0.05) is 45.0 Å². The predicted octanol–water partition coefficient (Wildman–Crippen LogP) is 2.21. The highest BCUT2D eigenvalue weighted by Crippen LogP contribution is 2.50. The zero-order valence-corrected chi connectivity index (χ0v) is 16.5. The van der Waals surface area contributed by atoms with E-state index in [9.17, 15) is 26.7 Å². The van der Waals surface area contributed by atoms with Gasteiger partial charge in [0.05, 0.1) is 17.9 Å². The SMILES string of the molecule is O=C(O)C(F)(F)F.O=C(c1cnc[nH]1)N1CCC(F)(F)C2(CCN(c3ncccn3)C2)C1. The van der Waals surface area contributed by atoms with Gasteiger partial charge in [0.25, 0.3) is 11.8 Å². The quantitative estimate of drug-likeness (QED) is 0.658. The maximum absolute atomic E-state index is 14.8.